The molecule has 2 saturated heterocycles. The van der Waals surface area contributed by atoms with Gasteiger partial charge in [0.1, 0.15) is 5.82 Å². The molecule has 2 aliphatic heterocycles. The lowest BCUT2D eigenvalue weighted by Gasteiger charge is -2.24. The highest BCUT2D eigenvalue weighted by atomic mass is 16.5. The number of nitrogen functional groups attached to an aromatic ring is 1. The minimum Gasteiger partial charge on any atom is -0.398 e. The van der Waals surface area contributed by atoms with Crippen molar-refractivity contribution in [2.75, 3.05) is 11.1 Å². The Hall–Kier alpha value is -2.64. The van der Waals surface area contributed by atoms with Gasteiger partial charge in [0.2, 0.25) is 0 Å². The number of rotatable bonds is 4. The first-order chi connectivity index (χ1) is 12.0. The first kappa shape index (κ1) is 15.9. The number of allylic oxidation sites excluding steroid dienone is 1. The summed E-state index contributed by atoms with van der Waals surface area (Å²) >= 11 is 0. The topological polar surface area (TPSA) is 130 Å². The fourth-order valence-corrected chi connectivity index (χ4v) is 3.72. The number of fused-ring (bicyclic) bond motifs is 3. The zero-order valence-corrected chi connectivity index (χ0v) is 13.6. The van der Waals surface area contributed by atoms with E-state index in [4.69, 9.17) is 21.6 Å². The van der Waals surface area contributed by atoms with Gasteiger partial charge < -0.3 is 32.0 Å². The van der Waals surface area contributed by atoms with Gasteiger partial charge in [-0.2, -0.15) is 0 Å². The summed E-state index contributed by atoms with van der Waals surface area (Å²) < 4.78 is 5.78. The van der Waals surface area contributed by atoms with Gasteiger partial charge in [-0.3, -0.25) is 0 Å². The fraction of sp³-hybridized carbons (Fsp3) is 0.333. The molecule has 1 aromatic carbocycles. The van der Waals surface area contributed by atoms with Crippen molar-refractivity contribution in [1.82, 2.24) is 4.98 Å². The lowest BCUT2D eigenvalue weighted by atomic mass is 9.93. The average molecular weight is 339 g/mol. The van der Waals surface area contributed by atoms with Crippen molar-refractivity contribution in [3.63, 3.8) is 0 Å². The summed E-state index contributed by atoms with van der Waals surface area (Å²) in [6.07, 6.45) is 3.72. The standard InChI is InChI=1S/C18H21N5O2/c19-4-3-11(20)9-1-2-10-12(5-9)23-18(21)7-13(10)22-14-6-17-15(24)8-16(14)25-17/h1-5,7,14-17,19,24H,6,8,20H2,(H3,21,22,23)/b11-3-,19-4?. The second-order valence-corrected chi connectivity index (χ2v) is 6.62. The number of aliphatic hydroxyl groups is 1. The minimum atomic E-state index is -0.353. The number of nitrogens with one attached hydrogen (secondary N) is 2. The summed E-state index contributed by atoms with van der Waals surface area (Å²) in [5.41, 5.74) is 14.9. The van der Waals surface area contributed by atoms with Gasteiger partial charge in [0, 0.05) is 35.5 Å². The Balaban J connectivity index is 1.67. The van der Waals surface area contributed by atoms with Gasteiger partial charge in [-0.25, -0.2) is 4.98 Å². The summed E-state index contributed by atoms with van der Waals surface area (Å²) in [7, 11) is 0. The second-order valence-electron chi connectivity index (χ2n) is 6.62. The van der Waals surface area contributed by atoms with Gasteiger partial charge >= 0.3 is 0 Å². The van der Waals surface area contributed by atoms with Crippen LogP contribution in [0.25, 0.3) is 16.6 Å². The molecule has 3 heterocycles. The highest BCUT2D eigenvalue weighted by Crippen LogP contribution is 2.37. The van der Waals surface area contributed by atoms with Gasteiger partial charge in [0.25, 0.3) is 0 Å². The van der Waals surface area contributed by atoms with Gasteiger partial charge in [-0.1, -0.05) is 12.1 Å². The highest BCUT2D eigenvalue weighted by Gasteiger charge is 2.46. The Morgan fingerprint density at radius 2 is 2.16 bits per heavy atom. The van der Waals surface area contributed by atoms with Gasteiger partial charge in [0.15, 0.2) is 0 Å². The van der Waals surface area contributed by atoms with Crippen LogP contribution in [0.4, 0.5) is 11.5 Å². The van der Waals surface area contributed by atoms with Crippen molar-refractivity contribution < 1.29 is 9.84 Å². The summed E-state index contributed by atoms with van der Waals surface area (Å²) in [4.78, 5) is 4.40. The average Bonchev–Trinajstić information content (AvgIpc) is 3.13. The van der Waals surface area contributed by atoms with Crippen molar-refractivity contribution in [2.45, 2.75) is 37.2 Å². The molecule has 7 nitrogen and oxygen atoms in total. The second kappa shape index (κ2) is 6.02. The van der Waals surface area contributed by atoms with Crippen LogP contribution in [0, 0.1) is 5.41 Å². The molecule has 25 heavy (non-hydrogen) atoms. The van der Waals surface area contributed by atoms with Crippen LogP contribution in [0.1, 0.15) is 18.4 Å². The zero-order chi connectivity index (χ0) is 17.6. The Bertz CT molecular complexity index is 864. The van der Waals surface area contributed by atoms with Crippen molar-refractivity contribution in [2.24, 2.45) is 5.73 Å². The van der Waals surface area contributed by atoms with E-state index in [-0.39, 0.29) is 24.4 Å². The molecule has 0 saturated carbocycles. The summed E-state index contributed by atoms with van der Waals surface area (Å²) in [5, 5.41) is 21.4. The fourth-order valence-electron chi connectivity index (χ4n) is 3.72. The molecule has 130 valence electrons. The zero-order valence-electron chi connectivity index (χ0n) is 13.6. The minimum absolute atomic E-state index is 0.0230. The Kier molecular flexibility index (Phi) is 3.82. The van der Waals surface area contributed by atoms with E-state index in [9.17, 15) is 5.11 Å². The molecule has 2 aromatic rings. The first-order valence-corrected chi connectivity index (χ1v) is 8.32. The van der Waals surface area contributed by atoms with Crippen LogP contribution >= 0.6 is 0 Å². The number of benzene rings is 1. The van der Waals surface area contributed by atoms with Crippen molar-refractivity contribution in [3.8, 4) is 0 Å². The van der Waals surface area contributed by atoms with E-state index in [2.05, 4.69) is 10.3 Å². The van der Waals surface area contributed by atoms with Crippen LogP contribution in [0.3, 0.4) is 0 Å². The maximum absolute atomic E-state index is 9.83. The van der Waals surface area contributed by atoms with Crippen molar-refractivity contribution >= 4 is 34.3 Å². The third-order valence-corrected chi connectivity index (χ3v) is 4.95. The van der Waals surface area contributed by atoms with Crippen LogP contribution in [-0.4, -0.2) is 40.7 Å². The van der Waals surface area contributed by atoms with Gasteiger partial charge in [0.05, 0.1) is 29.9 Å². The van der Waals surface area contributed by atoms with Crippen molar-refractivity contribution in [1.29, 1.82) is 5.41 Å². The molecule has 2 fully saturated rings. The number of hydrogen-bond acceptors (Lipinski definition) is 7. The molecule has 0 aliphatic carbocycles. The molecule has 1 aromatic heterocycles. The van der Waals surface area contributed by atoms with E-state index < -0.39 is 0 Å². The molecule has 2 aliphatic rings. The molecule has 7 heteroatoms. The quantitative estimate of drug-likeness (QED) is 0.536. The third kappa shape index (κ3) is 2.81. The summed E-state index contributed by atoms with van der Waals surface area (Å²) in [6, 6.07) is 7.70. The van der Waals surface area contributed by atoms with Crippen LogP contribution in [0.15, 0.2) is 30.3 Å². The number of ether oxygens (including phenoxy) is 1. The van der Waals surface area contributed by atoms with E-state index in [1.54, 1.807) is 0 Å². The maximum atomic E-state index is 9.83. The monoisotopic (exact) mass is 339 g/mol. The normalized spacial score (nSPS) is 28.4. The molecular formula is C18H21N5O2. The van der Waals surface area contributed by atoms with E-state index in [0.717, 1.165) is 34.8 Å². The van der Waals surface area contributed by atoms with E-state index in [1.807, 2.05) is 24.3 Å². The molecule has 0 spiro atoms. The molecule has 0 radical (unpaired) electrons. The van der Waals surface area contributed by atoms with Crippen molar-refractivity contribution in [3.05, 3.63) is 35.9 Å². The molecule has 4 atom stereocenters. The number of hydrogen-bond donors (Lipinski definition) is 5. The Morgan fingerprint density at radius 1 is 1.32 bits per heavy atom. The molecule has 4 rings (SSSR count). The third-order valence-electron chi connectivity index (χ3n) is 4.95. The SMILES string of the molecule is N=C/C=C(\N)c1ccc2c(NC3CC4OC3CC4O)cc(N)nc2c1. The highest BCUT2D eigenvalue weighted by molar-refractivity contribution is 5.95. The molecular weight excluding hydrogens is 318 g/mol. The number of pyridine rings is 1. The van der Waals surface area contributed by atoms with Crippen LogP contribution < -0.4 is 16.8 Å². The predicted molar refractivity (Wildman–Crippen MR) is 98.4 cm³/mol. The molecule has 0 amide bonds. The van der Waals surface area contributed by atoms with E-state index in [1.165, 1.54) is 6.08 Å². The van der Waals surface area contributed by atoms with Gasteiger partial charge in [-0.15, -0.1) is 0 Å². The Labute approximate surface area is 145 Å². The van der Waals surface area contributed by atoms with Gasteiger partial charge in [-0.05, 0) is 24.1 Å². The number of aromatic nitrogens is 1. The Morgan fingerprint density at radius 3 is 2.84 bits per heavy atom. The number of nitrogens with two attached hydrogens (primary N) is 2. The first-order valence-electron chi connectivity index (χ1n) is 8.32. The van der Waals surface area contributed by atoms with E-state index in [0.29, 0.717) is 17.9 Å². The maximum Gasteiger partial charge on any atom is 0.126 e. The molecule has 4 unspecified atom stereocenters. The molecule has 2 bridgehead atoms. The number of anilines is 2. The summed E-state index contributed by atoms with van der Waals surface area (Å²) in [6.45, 7) is 0. The molecule has 7 N–H and O–H groups in total. The predicted octanol–water partition coefficient (Wildman–Crippen LogP) is 1.47. The van der Waals surface area contributed by atoms with Crippen LogP contribution in [-0.2, 0) is 4.74 Å². The van der Waals surface area contributed by atoms with Crippen LogP contribution in [0.2, 0.25) is 0 Å². The van der Waals surface area contributed by atoms with E-state index >= 15 is 0 Å². The van der Waals surface area contributed by atoms with Crippen LogP contribution in [0.5, 0.6) is 0 Å². The smallest absolute Gasteiger partial charge is 0.126 e. The number of nitrogens with zero attached hydrogens (tertiary/aromatic N) is 1. The largest absolute Gasteiger partial charge is 0.398 e. The number of aliphatic hydroxyl groups excluding tert-OH is 1. The lowest BCUT2D eigenvalue weighted by Crippen LogP contribution is -2.35. The summed E-state index contributed by atoms with van der Waals surface area (Å²) in [5.74, 6) is 0.422. The lowest BCUT2D eigenvalue weighted by molar-refractivity contribution is 0.0535.